The minimum atomic E-state index is 0.180. The zero-order chi connectivity index (χ0) is 13.7. The summed E-state index contributed by atoms with van der Waals surface area (Å²) in [5, 5.41) is 12.6. The van der Waals surface area contributed by atoms with Gasteiger partial charge in [-0.2, -0.15) is 0 Å². The van der Waals surface area contributed by atoms with E-state index in [4.69, 9.17) is 0 Å². The second-order valence-corrected chi connectivity index (χ2v) is 5.68. The van der Waals surface area contributed by atoms with E-state index in [2.05, 4.69) is 26.8 Å². The molecule has 104 valence electrons. The van der Waals surface area contributed by atoms with Gasteiger partial charge in [0.25, 0.3) is 0 Å². The number of nitrogens with zero attached hydrogens (tertiary/aromatic N) is 4. The average molecular weight is 271 g/mol. The molecule has 2 aromatic rings. The number of nitrogens with one attached hydrogen (secondary N) is 1. The third-order valence-electron chi connectivity index (χ3n) is 4.24. The van der Waals surface area contributed by atoms with E-state index in [0.717, 1.165) is 29.1 Å². The van der Waals surface area contributed by atoms with Gasteiger partial charge in [0.1, 0.15) is 11.8 Å². The third-order valence-corrected chi connectivity index (χ3v) is 4.24. The summed E-state index contributed by atoms with van der Waals surface area (Å²) in [5.74, 6) is 1.40. The van der Waals surface area contributed by atoms with Crippen molar-refractivity contribution in [1.29, 1.82) is 0 Å². The van der Waals surface area contributed by atoms with Crippen LogP contribution in [-0.4, -0.2) is 37.3 Å². The van der Waals surface area contributed by atoms with Crippen LogP contribution in [0.4, 0.5) is 5.82 Å². The molecule has 2 aliphatic carbocycles. The van der Waals surface area contributed by atoms with Crippen LogP contribution in [0.5, 0.6) is 0 Å². The second kappa shape index (κ2) is 4.28. The van der Waals surface area contributed by atoms with Crippen LogP contribution in [0, 0.1) is 11.8 Å². The first-order valence-electron chi connectivity index (χ1n) is 7.00. The number of hydrogen-bond acceptors (Lipinski definition) is 5. The molecule has 2 heterocycles. The van der Waals surface area contributed by atoms with Gasteiger partial charge in [0.2, 0.25) is 0 Å². The van der Waals surface area contributed by atoms with Crippen LogP contribution in [0.2, 0.25) is 0 Å². The smallest absolute Gasteiger partial charge is 0.165 e. The van der Waals surface area contributed by atoms with Gasteiger partial charge in [-0.1, -0.05) is 12.2 Å². The molecular formula is C14H17N5O. The Kier molecular flexibility index (Phi) is 2.53. The predicted octanol–water partition coefficient (Wildman–Crippen LogP) is 1.20. The molecule has 0 radical (unpaired) electrons. The van der Waals surface area contributed by atoms with Crippen molar-refractivity contribution >= 4 is 17.0 Å². The van der Waals surface area contributed by atoms with Crippen molar-refractivity contribution in [2.45, 2.75) is 25.4 Å². The number of rotatable bonds is 5. The average Bonchev–Trinajstić information content (AvgIpc) is 3.33. The highest BCUT2D eigenvalue weighted by Crippen LogP contribution is 2.45. The molecule has 4 rings (SSSR count). The van der Waals surface area contributed by atoms with E-state index in [1.54, 1.807) is 12.7 Å². The van der Waals surface area contributed by atoms with Gasteiger partial charge in [-0.3, -0.25) is 0 Å². The molecule has 0 bridgehead atoms. The maximum Gasteiger partial charge on any atom is 0.165 e. The summed E-state index contributed by atoms with van der Waals surface area (Å²) in [7, 11) is 0. The first-order valence-corrected chi connectivity index (χ1v) is 7.00. The Balaban J connectivity index is 1.62. The van der Waals surface area contributed by atoms with Gasteiger partial charge in [-0.25, -0.2) is 15.0 Å². The Labute approximate surface area is 116 Å². The highest BCUT2D eigenvalue weighted by atomic mass is 16.3. The summed E-state index contributed by atoms with van der Waals surface area (Å²) < 4.78 is 2.03. The zero-order valence-corrected chi connectivity index (χ0v) is 11.2. The van der Waals surface area contributed by atoms with Crippen LogP contribution >= 0.6 is 0 Å². The van der Waals surface area contributed by atoms with E-state index in [1.165, 1.54) is 12.8 Å². The molecule has 2 saturated carbocycles. The van der Waals surface area contributed by atoms with E-state index in [9.17, 15) is 5.11 Å². The van der Waals surface area contributed by atoms with Crippen molar-refractivity contribution in [3.8, 4) is 0 Å². The zero-order valence-electron chi connectivity index (χ0n) is 11.2. The summed E-state index contributed by atoms with van der Waals surface area (Å²) in [6.07, 6.45) is 5.78. The van der Waals surface area contributed by atoms with Crippen LogP contribution in [0.25, 0.3) is 11.2 Å². The predicted molar refractivity (Wildman–Crippen MR) is 75.2 cm³/mol. The standard InChI is InChI=1S/C14H17N5O/c1-8-10(11(8)5-20)4-19-7-17-12-13(18-9-2-3-9)15-6-16-14(12)19/h6-7,9-11,20H,1-5H2,(H,15,16,18). The van der Waals surface area contributed by atoms with Gasteiger partial charge in [-0.15, -0.1) is 0 Å². The molecule has 0 spiro atoms. The molecule has 20 heavy (non-hydrogen) atoms. The molecular weight excluding hydrogens is 254 g/mol. The molecule has 2 N–H and O–H groups in total. The van der Waals surface area contributed by atoms with Gasteiger partial charge >= 0.3 is 0 Å². The Morgan fingerprint density at radius 3 is 2.85 bits per heavy atom. The minimum absolute atomic E-state index is 0.180. The van der Waals surface area contributed by atoms with Crippen LogP contribution < -0.4 is 5.32 Å². The first kappa shape index (κ1) is 11.8. The van der Waals surface area contributed by atoms with Crippen molar-refractivity contribution in [3.05, 3.63) is 24.8 Å². The van der Waals surface area contributed by atoms with Crippen LogP contribution in [0.15, 0.2) is 24.8 Å². The van der Waals surface area contributed by atoms with E-state index < -0.39 is 0 Å². The van der Waals surface area contributed by atoms with Crippen molar-refractivity contribution in [2.24, 2.45) is 11.8 Å². The molecule has 0 amide bonds. The third kappa shape index (κ3) is 1.87. The van der Waals surface area contributed by atoms with Crippen LogP contribution in [0.1, 0.15) is 12.8 Å². The van der Waals surface area contributed by atoms with Gasteiger partial charge in [-0.05, 0) is 12.8 Å². The minimum Gasteiger partial charge on any atom is -0.396 e. The van der Waals surface area contributed by atoms with Gasteiger partial charge in [0.05, 0.1) is 12.9 Å². The lowest BCUT2D eigenvalue weighted by Gasteiger charge is -2.05. The molecule has 2 aliphatic rings. The molecule has 2 fully saturated rings. The molecule has 0 saturated heterocycles. The number of imidazole rings is 1. The van der Waals surface area contributed by atoms with Crippen molar-refractivity contribution in [1.82, 2.24) is 19.5 Å². The molecule has 6 nitrogen and oxygen atoms in total. The summed E-state index contributed by atoms with van der Waals surface area (Å²) in [4.78, 5) is 13.1. The topological polar surface area (TPSA) is 75.9 Å². The monoisotopic (exact) mass is 271 g/mol. The van der Waals surface area contributed by atoms with E-state index in [1.807, 2.05) is 4.57 Å². The van der Waals surface area contributed by atoms with E-state index in [0.29, 0.717) is 12.0 Å². The number of aliphatic hydroxyl groups excluding tert-OH is 1. The summed E-state index contributed by atoms with van der Waals surface area (Å²) in [6.45, 7) is 4.95. The second-order valence-electron chi connectivity index (χ2n) is 5.68. The molecule has 2 atom stereocenters. The molecule has 0 aromatic carbocycles. The van der Waals surface area contributed by atoms with Gasteiger partial charge < -0.3 is 15.0 Å². The molecule has 0 aliphatic heterocycles. The number of fused-ring (bicyclic) bond motifs is 1. The first-order chi connectivity index (χ1) is 9.78. The van der Waals surface area contributed by atoms with E-state index >= 15 is 0 Å². The summed E-state index contributed by atoms with van der Waals surface area (Å²) in [6, 6.07) is 0.542. The SMILES string of the molecule is C=C1C(CO)C1Cn1cnc2c(NC3CC3)ncnc21. The number of aromatic nitrogens is 4. The lowest BCUT2D eigenvalue weighted by Crippen LogP contribution is -2.05. The highest BCUT2D eigenvalue weighted by Gasteiger charge is 2.41. The van der Waals surface area contributed by atoms with Crippen LogP contribution in [0.3, 0.4) is 0 Å². The van der Waals surface area contributed by atoms with Gasteiger partial charge in [0, 0.05) is 24.4 Å². The highest BCUT2D eigenvalue weighted by molar-refractivity contribution is 5.82. The quantitative estimate of drug-likeness (QED) is 0.799. The number of anilines is 1. The molecule has 2 unspecified atom stereocenters. The normalized spacial score (nSPS) is 25.1. The molecule has 6 heteroatoms. The van der Waals surface area contributed by atoms with E-state index in [-0.39, 0.29) is 12.5 Å². The lowest BCUT2D eigenvalue weighted by molar-refractivity contribution is 0.269. The lowest BCUT2D eigenvalue weighted by atomic mass is 10.3. The Morgan fingerprint density at radius 2 is 2.15 bits per heavy atom. The molecule has 2 aromatic heterocycles. The van der Waals surface area contributed by atoms with Crippen molar-refractivity contribution < 1.29 is 5.11 Å². The Hall–Kier alpha value is -1.95. The fraction of sp³-hybridized carbons (Fsp3) is 0.500. The maximum absolute atomic E-state index is 9.22. The maximum atomic E-state index is 9.22. The summed E-state index contributed by atoms with van der Waals surface area (Å²) in [5.41, 5.74) is 2.80. The Morgan fingerprint density at radius 1 is 1.30 bits per heavy atom. The fourth-order valence-electron chi connectivity index (χ4n) is 2.69. The van der Waals surface area contributed by atoms with Crippen LogP contribution in [-0.2, 0) is 6.54 Å². The van der Waals surface area contributed by atoms with Gasteiger partial charge in [0.15, 0.2) is 11.5 Å². The largest absolute Gasteiger partial charge is 0.396 e. The summed E-state index contributed by atoms with van der Waals surface area (Å²) >= 11 is 0. The fourth-order valence-corrected chi connectivity index (χ4v) is 2.69. The van der Waals surface area contributed by atoms with Crippen molar-refractivity contribution in [2.75, 3.05) is 11.9 Å². The van der Waals surface area contributed by atoms with Crippen molar-refractivity contribution in [3.63, 3.8) is 0 Å². The Bertz CT molecular complexity index is 675. The number of aliphatic hydroxyl groups is 1. The number of hydrogen-bond donors (Lipinski definition) is 2.